The third-order valence-corrected chi connectivity index (χ3v) is 2.38. The van der Waals surface area contributed by atoms with Crippen molar-refractivity contribution in [3.05, 3.63) is 61.5 Å². The molecule has 0 bridgehead atoms. The van der Waals surface area contributed by atoms with E-state index in [2.05, 4.69) is 30.4 Å². The van der Waals surface area contributed by atoms with Crippen LogP contribution in [0, 0.1) is 13.3 Å². The zero-order valence-electron chi connectivity index (χ0n) is 8.55. The second-order valence-electron chi connectivity index (χ2n) is 3.54. The maximum atomic E-state index is 4.17. The van der Waals surface area contributed by atoms with Gasteiger partial charge >= 0.3 is 21.1 Å². The van der Waals surface area contributed by atoms with E-state index in [1.165, 1.54) is 0 Å². The normalized spacial score (nSPS) is 14.0. The van der Waals surface area contributed by atoms with Crippen molar-refractivity contribution in [3.63, 3.8) is 0 Å². The maximum absolute atomic E-state index is 4.17. The minimum atomic E-state index is -0.336. The molecule has 0 fully saturated rings. The smallest absolute Gasteiger partial charge is 0.472 e. The zero-order valence-corrected chi connectivity index (χ0v) is 11.5. The van der Waals surface area contributed by atoms with Gasteiger partial charge in [-0.15, -0.1) is 12.4 Å². The fourth-order valence-electron chi connectivity index (χ4n) is 1.44. The number of benzene rings is 1. The van der Waals surface area contributed by atoms with Crippen LogP contribution in [0.1, 0.15) is 12.5 Å². The fourth-order valence-corrected chi connectivity index (χ4v) is 1.44. The maximum Gasteiger partial charge on any atom is 2.00 e. The van der Waals surface area contributed by atoms with E-state index in [0.29, 0.717) is 0 Å². The van der Waals surface area contributed by atoms with Gasteiger partial charge in [0.2, 0.25) is 0 Å². The Balaban J connectivity index is 0.00000112. The summed E-state index contributed by atoms with van der Waals surface area (Å²) in [5, 5.41) is 0. The Morgan fingerprint density at radius 1 is 1.33 bits per heavy atom. The van der Waals surface area contributed by atoms with Gasteiger partial charge in [0.15, 0.2) is 0 Å². The summed E-state index contributed by atoms with van der Waals surface area (Å²) in [4.78, 5) is 3.91. The first kappa shape index (κ1) is 12.2. The summed E-state index contributed by atoms with van der Waals surface area (Å²) in [5.74, 6) is 0. The molecule has 1 atom stereocenters. The molecule has 0 radical (unpaired) electrons. The van der Waals surface area contributed by atoms with Gasteiger partial charge in [-0.05, 0) is 6.33 Å². The Hall–Kier alpha value is -0.882. The Morgan fingerprint density at radius 3 is 2.53 bits per heavy atom. The molecule has 2 aromatic rings. The Kier molecular flexibility index (Phi) is 3.87. The molecule has 3 heteroatoms. The molecule has 1 heterocycles. The van der Waals surface area contributed by atoms with Crippen molar-refractivity contribution >= 4 is 0 Å². The van der Waals surface area contributed by atoms with E-state index in [-0.39, 0.29) is 26.6 Å². The van der Waals surface area contributed by atoms with Gasteiger partial charge in [0.1, 0.15) is 0 Å². The van der Waals surface area contributed by atoms with Crippen LogP contribution in [0.3, 0.4) is 0 Å². The first-order valence-corrected chi connectivity index (χ1v) is 4.53. The first-order chi connectivity index (χ1) is 6.71. The molecule has 1 unspecified atom stereocenters. The molecule has 0 saturated carbocycles. The van der Waals surface area contributed by atoms with E-state index >= 15 is 0 Å². The SMILES string of the molecule is [CH2-]C(C)(c1ccccc1)n1[c-]ncc1.[W+2]. The third kappa shape index (κ3) is 2.38. The van der Waals surface area contributed by atoms with E-state index in [4.69, 9.17) is 0 Å². The molecule has 76 valence electrons. The minimum absolute atomic E-state index is 0. The molecule has 0 spiro atoms. The predicted molar refractivity (Wildman–Crippen MR) is 55.6 cm³/mol. The molecule has 0 amide bonds. The Morgan fingerprint density at radius 2 is 2.00 bits per heavy atom. The molecule has 0 aliphatic rings. The molecule has 1 aromatic carbocycles. The number of rotatable bonds is 2. The van der Waals surface area contributed by atoms with E-state index < -0.39 is 0 Å². The number of nitrogens with zero attached hydrogens (tertiary/aromatic N) is 2. The van der Waals surface area contributed by atoms with Crippen LogP contribution in [0.4, 0.5) is 0 Å². The topological polar surface area (TPSA) is 17.8 Å². The van der Waals surface area contributed by atoms with Crippen molar-refractivity contribution < 1.29 is 21.1 Å². The Labute approximate surface area is 105 Å². The van der Waals surface area contributed by atoms with Crippen LogP contribution < -0.4 is 0 Å². The van der Waals surface area contributed by atoms with Crippen molar-refractivity contribution in [2.24, 2.45) is 0 Å². The van der Waals surface area contributed by atoms with Gasteiger partial charge in [-0.1, -0.05) is 48.4 Å². The van der Waals surface area contributed by atoms with Crippen LogP contribution in [0.25, 0.3) is 0 Å². The monoisotopic (exact) mass is 368 g/mol. The molecule has 0 N–H and O–H groups in total. The van der Waals surface area contributed by atoms with Crippen LogP contribution in [0.2, 0.25) is 0 Å². The van der Waals surface area contributed by atoms with Crippen molar-refractivity contribution in [3.8, 4) is 0 Å². The van der Waals surface area contributed by atoms with Gasteiger partial charge in [0.05, 0.1) is 0 Å². The number of imidazole rings is 1. The van der Waals surface area contributed by atoms with Crippen LogP contribution >= 0.6 is 0 Å². The van der Waals surface area contributed by atoms with Crippen molar-refractivity contribution in [2.75, 3.05) is 0 Å². The van der Waals surface area contributed by atoms with Crippen LogP contribution in [0.5, 0.6) is 0 Å². The molecule has 1 aromatic heterocycles. The van der Waals surface area contributed by atoms with E-state index in [1.54, 1.807) is 6.20 Å². The summed E-state index contributed by atoms with van der Waals surface area (Å²) >= 11 is 0. The summed E-state index contributed by atoms with van der Waals surface area (Å²) < 4.78 is 1.88. The van der Waals surface area contributed by atoms with Crippen LogP contribution in [-0.4, -0.2) is 9.55 Å². The van der Waals surface area contributed by atoms with Gasteiger partial charge in [-0.3, -0.25) is 0 Å². The number of aromatic nitrogens is 2. The van der Waals surface area contributed by atoms with Crippen LogP contribution in [0.15, 0.2) is 42.7 Å². The van der Waals surface area contributed by atoms with Gasteiger partial charge in [0, 0.05) is 0 Å². The molecule has 2 rings (SSSR count). The summed E-state index contributed by atoms with van der Waals surface area (Å²) in [5.41, 5.74) is 0.812. The summed E-state index contributed by atoms with van der Waals surface area (Å²) in [6.45, 7) is 6.22. The molecular formula is C12H12N2W. The molecule has 0 aliphatic heterocycles. The molecular weight excluding hydrogens is 356 g/mol. The molecule has 2 nitrogen and oxygen atoms in total. The van der Waals surface area contributed by atoms with E-state index in [0.717, 1.165) is 5.56 Å². The van der Waals surface area contributed by atoms with Gasteiger partial charge < -0.3 is 16.5 Å². The number of hydrogen-bond acceptors (Lipinski definition) is 1. The van der Waals surface area contributed by atoms with Gasteiger partial charge in [-0.2, -0.15) is 0 Å². The first-order valence-electron chi connectivity index (χ1n) is 4.53. The standard InChI is InChI=1S/C12H12N2.W/c1-12(2,14-9-8-13-10-14)11-6-4-3-5-7-11;/h3-9H,1H2,2H3;/q-2;+2. The molecule has 0 saturated heterocycles. The molecule has 0 aliphatic carbocycles. The van der Waals surface area contributed by atoms with Crippen LogP contribution in [-0.2, 0) is 26.6 Å². The fraction of sp³-hybridized carbons (Fsp3) is 0.167. The van der Waals surface area contributed by atoms with Crippen molar-refractivity contribution in [1.82, 2.24) is 9.55 Å². The summed E-state index contributed by atoms with van der Waals surface area (Å²) in [6.07, 6.45) is 6.47. The van der Waals surface area contributed by atoms with Gasteiger partial charge in [0.25, 0.3) is 0 Å². The quantitative estimate of drug-likeness (QED) is 0.744. The van der Waals surface area contributed by atoms with E-state index in [1.807, 2.05) is 35.9 Å². The predicted octanol–water partition coefficient (Wildman–Crippen LogP) is 2.28. The minimum Gasteiger partial charge on any atom is -0.472 e. The Bertz CT molecular complexity index is 393. The second-order valence-corrected chi connectivity index (χ2v) is 3.54. The number of hydrogen-bond donors (Lipinski definition) is 0. The van der Waals surface area contributed by atoms with Crippen molar-refractivity contribution in [1.29, 1.82) is 0 Å². The third-order valence-electron chi connectivity index (χ3n) is 2.38. The van der Waals surface area contributed by atoms with E-state index in [9.17, 15) is 0 Å². The average molecular weight is 368 g/mol. The largest absolute Gasteiger partial charge is 2.00 e. The second kappa shape index (κ2) is 4.76. The average Bonchev–Trinajstić information content (AvgIpc) is 2.72. The zero-order chi connectivity index (χ0) is 10.0. The molecule has 15 heavy (non-hydrogen) atoms. The summed E-state index contributed by atoms with van der Waals surface area (Å²) in [7, 11) is 0. The van der Waals surface area contributed by atoms with Crippen molar-refractivity contribution in [2.45, 2.75) is 12.5 Å². The van der Waals surface area contributed by atoms with Gasteiger partial charge in [-0.25, -0.2) is 0 Å². The summed E-state index contributed by atoms with van der Waals surface area (Å²) in [6, 6.07) is 10.1.